The van der Waals surface area contributed by atoms with Crippen molar-refractivity contribution in [3.63, 3.8) is 0 Å². The summed E-state index contributed by atoms with van der Waals surface area (Å²) in [5.74, 6) is 0.724. The van der Waals surface area contributed by atoms with Crippen LogP contribution in [-0.2, 0) is 0 Å². The first-order valence-electron chi connectivity index (χ1n) is 3.12. The molecule has 0 heterocycles. The molecule has 1 aromatic carbocycles. The van der Waals surface area contributed by atoms with Crippen molar-refractivity contribution in [1.82, 2.24) is 0 Å². The fourth-order valence-electron chi connectivity index (χ4n) is 0.669. The van der Waals surface area contributed by atoms with Crippen LogP contribution in [0.2, 0.25) is 5.02 Å². The molecule has 0 aliphatic carbocycles. The van der Waals surface area contributed by atoms with Gasteiger partial charge in [-0.05, 0) is 36.5 Å². The van der Waals surface area contributed by atoms with Crippen LogP contribution in [0, 0.1) is 0 Å². The molecule has 0 bridgehead atoms. The van der Waals surface area contributed by atoms with Gasteiger partial charge in [0.1, 0.15) is 5.75 Å². The Morgan fingerprint density at radius 1 is 1.36 bits per heavy atom. The van der Waals surface area contributed by atoms with Crippen molar-refractivity contribution < 1.29 is 4.74 Å². The number of benzene rings is 1. The van der Waals surface area contributed by atoms with Gasteiger partial charge in [0, 0.05) is 11.9 Å². The summed E-state index contributed by atoms with van der Waals surface area (Å²) in [5, 5.41) is 1.20. The highest BCUT2D eigenvalue weighted by Gasteiger charge is 1.93. The van der Waals surface area contributed by atoms with E-state index in [9.17, 15) is 0 Å². The maximum Gasteiger partial charge on any atom is 0.164 e. The van der Waals surface area contributed by atoms with E-state index in [1.165, 1.54) is 0 Å². The fraction of sp³-hybridized carbons (Fsp3) is 0.125. The van der Waals surface area contributed by atoms with Gasteiger partial charge in [-0.25, -0.2) is 0 Å². The fourth-order valence-corrected chi connectivity index (χ4v) is 0.891. The Kier molecular flexibility index (Phi) is 2.85. The van der Waals surface area contributed by atoms with Gasteiger partial charge in [0.25, 0.3) is 0 Å². The summed E-state index contributed by atoms with van der Waals surface area (Å²) in [6.07, 6.45) is 0. The lowest BCUT2D eigenvalue weighted by atomic mass is 10.3. The van der Waals surface area contributed by atoms with Crippen molar-refractivity contribution in [1.29, 1.82) is 0 Å². The van der Waals surface area contributed by atoms with Gasteiger partial charge in [0.05, 0.1) is 0 Å². The van der Waals surface area contributed by atoms with Gasteiger partial charge in [-0.1, -0.05) is 11.6 Å². The average Bonchev–Trinajstić information content (AvgIpc) is 1.93. The predicted octanol–water partition coefficient (Wildman–Crippen LogP) is 3.07. The van der Waals surface area contributed by atoms with E-state index in [1.807, 2.05) is 0 Å². The third-order valence-electron chi connectivity index (χ3n) is 1.08. The summed E-state index contributed by atoms with van der Waals surface area (Å²) < 4.78 is 5.14. The van der Waals surface area contributed by atoms with E-state index in [0.717, 1.165) is 5.75 Å². The topological polar surface area (TPSA) is 9.23 Å². The van der Waals surface area contributed by atoms with E-state index in [-0.39, 0.29) is 0 Å². The summed E-state index contributed by atoms with van der Waals surface area (Å²) in [4.78, 5) is 0. The van der Waals surface area contributed by atoms with E-state index < -0.39 is 0 Å². The Morgan fingerprint density at radius 2 is 1.91 bits per heavy atom. The molecule has 3 heteroatoms. The van der Waals surface area contributed by atoms with Gasteiger partial charge >= 0.3 is 0 Å². The normalized spacial score (nSPS) is 9.27. The molecule has 0 unspecified atom stereocenters. The minimum absolute atomic E-state index is 0.507. The molecule has 0 aliphatic rings. The number of hydrogen-bond donors (Lipinski definition) is 0. The zero-order chi connectivity index (χ0) is 8.27. The Morgan fingerprint density at radius 3 is 2.36 bits per heavy atom. The molecule has 0 radical (unpaired) electrons. The molecule has 0 fully saturated rings. The van der Waals surface area contributed by atoms with Crippen LogP contribution in [0.4, 0.5) is 0 Å². The molecule has 0 amide bonds. The average molecular weight is 187 g/mol. The smallest absolute Gasteiger partial charge is 0.164 e. The van der Waals surface area contributed by atoms with Crippen molar-refractivity contribution in [2.24, 2.45) is 0 Å². The molecule has 0 saturated carbocycles. The molecule has 0 atom stereocenters. The van der Waals surface area contributed by atoms with Gasteiger partial charge in [-0.3, -0.25) is 0 Å². The molecular weight excluding hydrogens is 180 g/mol. The van der Waals surface area contributed by atoms with E-state index in [0.29, 0.717) is 10.1 Å². The Bertz CT molecular complexity index is 255. The SMILES string of the molecule is CC(=S)Oc1ccc(Cl)cc1. The number of hydrogen-bond acceptors (Lipinski definition) is 2. The lowest BCUT2D eigenvalue weighted by Crippen LogP contribution is -1.97. The summed E-state index contributed by atoms with van der Waals surface area (Å²) >= 11 is 10.4. The van der Waals surface area contributed by atoms with Crippen LogP contribution in [0.15, 0.2) is 24.3 Å². The van der Waals surface area contributed by atoms with Crippen LogP contribution in [0.5, 0.6) is 5.75 Å². The van der Waals surface area contributed by atoms with Crippen molar-refractivity contribution in [2.45, 2.75) is 6.92 Å². The minimum Gasteiger partial charge on any atom is -0.451 e. The van der Waals surface area contributed by atoms with E-state index >= 15 is 0 Å². The van der Waals surface area contributed by atoms with Crippen LogP contribution >= 0.6 is 23.8 Å². The molecular formula is C8H7ClOS. The van der Waals surface area contributed by atoms with Crippen LogP contribution in [0.1, 0.15) is 6.92 Å². The maximum absolute atomic E-state index is 5.66. The first-order chi connectivity index (χ1) is 5.18. The quantitative estimate of drug-likeness (QED) is 0.624. The molecule has 1 rings (SSSR count). The highest BCUT2D eigenvalue weighted by atomic mass is 35.5. The summed E-state index contributed by atoms with van der Waals surface area (Å²) in [7, 11) is 0. The molecule has 1 aromatic rings. The summed E-state index contributed by atoms with van der Waals surface area (Å²) in [6.45, 7) is 1.73. The molecule has 0 saturated heterocycles. The van der Waals surface area contributed by atoms with Crippen LogP contribution in [0.3, 0.4) is 0 Å². The third-order valence-corrected chi connectivity index (χ3v) is 1.41. The standard InChI is InChI=1S/C8H7ClOS/c1-6(11)10-8-4-2-7(9)3-5-8/h2-5H,1H3. The van der Waals surface area contributed by atoms with E-state index in [1.54, 1.807) is 31.2 Å². The number of rotatable bonds is 1. The van der Waals surface area contributed by atoms with Crippen molar-refractivity contribution in [2.75, 3.05) is 0 Å². The molecule has 1 nitrogen and oxygen atoms in total. The zero-order valence-corrected chi connectivity index (χ0v) is 7.58. The van der Waals surface area contributed by atoms with Gasteiger partial charge in [-0.15, -0.1) is 0 Å². The Labute approximate surface area is 75.9 Å². The molecule has 11 heavy (non-hydrogen) atoms. The number of ether oxygens (including phenoxy) is 1. The first-order valence-corrected chi connectivity index (χ1v) is 3.91. The van der Waals surface area contributed by atoms with Gasteiger partial charge < -0.3 is 4.74 Å². The lowest BCUT2D eigenvalue weighted by Gasteiger charge is -2.01. The highest BCUT2D eigenvalue weighted by molar-refractivity contribution is 7.80. The second-order valence-electron chi connectivity index (χ2n) is 2.05. The van der Waals surface area contributed by atoms with Crippen LogP contribution in [0.25, 0.3) is 0 Å². The third kappa shape index (κ3) is 2.87. The summed E-state index contributed by atoms with van der Waals surface area (Å²) in [6, 6.07) is 7.07. The molecule has 0 spiro atoms. The molecule has 0 aliphatic heterocycles. The van der Waals surface area contributed by atoms with Crippen molar-refractivity contribution in [3.8, 4) is 5.75 Å². The number of thiocarbonyl (C=S) groups is 1. The minimum atomic E-state index is 0.507. The van der Waals surface area contributed by atoms with Gasteiger partial charge in [0.15, 0.2) is 5.05 Å². The van der Waals surface area contributed by atoms with Crippen LogP contribution in [-0.4, -0.2) is 5.05 Å². The largest absolute Gasteiger partial charge is 0.451 e. The Balaban J connectivity index is 2.74. The second kappa shape index (κ2) is 3.69. The number of halogens is 1. The van der Waals surface area contributed by atoms with E-state index in [4.69, 9.17) is 28.6 Å². The monoisotopic (exact) mass is 186 g/mol. The Hall–Kier alpha value is -0.600. The first kappa shape index (κ1) is 8.50. The maximum atomic E-state index is 5.66. The van der Waals surface area contributed by atoms with Crippen molar-refractivity contribution in [3.05, 3.63) is 29.3 Å². The molecule has 0 aromatic heterocycles. The molecule has 58 valence electrons. The van der Waals surface area contributed by atoms with Crippen molar-refractivity contribution >= 4 is 28.9 Å². The predicted molar refractivity (Wildman–Crippen MR) is 50.4 cm³/mol. The lowest BCUT2D eigenvalue weighted by molar-refractivity contribution is 0.561. The van der Waals surface area contributed by atoms with Gasteiger partial charge in [0.2, 0.25) is 0 Å². The highest BCUT2D eigenvalue weighted by Crippen LogP contribution is 2.15. The second-order valence-corrected chi connectivity index (χ2v) is 3.06. The summed E-state index contributed by atoms with van der Waals surface area (Å²) in [5.41, 5.74) is 0. The molecule has 0 N–H and O–H groups in total. The van der Waals surface area contributed by atoms with E-state index in [2.05, 4.69) is 0 Å². The van der Waals surface area contributed by atoms with Crippen LogP contribution < -0.4 is 4.74 Å². The zero-order valence-electron chi connectivity index (χ0n) is 6.00. The van der Waals surface area contributed by atoms with Gasteiger partial charge in [-0.2, -0.15) is 0 Å².